The molecule has 1 aromatic heterocycles. The van der Waals surface area contributed by atoms with Crippen LogP contribution in [0.25, 0.3) is 6.08 Å². The number of aromatic nitrogens is 2. The highest BCUT2D eigenvalue weighted by Gasteiger charge is 2.39. The van der Waals surface area contributed by atoms with Gasteiger partial charge in [-0.1, -0.05) is 36.4 Å². The first-order chi connectivity index (χ1) is 13.6. The number of ketones is 1. The first kappa shape index (κ1) is 17.0. The summed E-state index contributed by atoms with van der Waals surface area (Å²) in [5.74, 6) is -0.534. The van der Waals surface area contributed by atoms with Gasteiger partial charge in [0.05, 0.1) is 0 Å². The highest BCUT2D eigenvalue weighted by atomic mass is 19.1. The summed E-state index contributed by atoms with van der Waals surface area (Å²) in [6, 6.07) is 12.7. The molecule has 0 amide bonds. The first-order valence-electron chi connectivity index (χ1n) is 9.39. The Morgan fingerprint density at radius 1 is 1.04 bits per heavy atom. The van der Waals surface area contributed by atoms with Crippen molar-refractivity contribution in [1.29, 1.82) is 0 Å². The zero-order valence-corrected chi connectivity index (χ0v) is 15.1. The molecule has 2 aliphatic carbocycles. The minimum absolute atomic E-state index is 0.0751. The van der Waals surface area contributed by atoms with Gasteiger partial charge < -0.3 is 0 Å². The zero-order chi connectivity index (χ0) is 19.3. The van der Waals surface area contributed by atoms with Crippen molar-refractivity contribution in [3.05, 3.63) is 94.3 Å². The third-order valence-electron chi connectivity index (χ3n) is 5.73. The molecule has 28 heavy (non-hydrogen) atoms. The predicted octanol–water partition coefficient (Wildman–Crippen LogP) is 4.84. The number of Topliss-reactive ketones (excluding diaryl/α,β-unsaturated/α-hetero) is 1. The molecular weight excluding hydrogens is 358 g/mol. The van der Waals surface area contributed by atoms with Crippen molar-refractivity contribution in [3.63, 3.8) is 0 Å². The molecule has 1 N–H and O–H groups in total. The van der Waals surface area contributed by atoms with Gasteiger partial charge in [0, 0.05) is 29.0 Å². The summed E-state index contributed by atoms with van der Waals surface area (Å²) in [5.41, 5.74) is 2.78. The summed E-state index contributed by atoms with van der Waals surface area (Å²) < 4.78 is 28.1. The lowest BCUT2D eigenvalue weighted by atomic mass is 9.68. The minimum atomic E-state index is -0.746. The first-order valence-corrected chi connectivity index (χ1v) is 9.39. The second-order valence-electron chi connectivity index (χ2n) is 7.61. The van der Waals surface area contributed by atoms with Crippen molar-refractivity contribution in [3.8, 4) is 0 Å². The fraction of sp³-hybridized carbons (Fsp3) is 0.217. The highest BCUT2D eigenvalue weighted by Crippen LogP contribution is 2.43. The summed E-state index contributed by atoms with van der Waals surface area (Å²) in [4.78, 5) is 12.5. The third-order valence-corrected chi connectivity index (χ3v) is 5.73. The Balaban J connectivity index is 1.66. The monoisotopic (exact) mass is 376 g/mol. The standard InChI is InChI=1S/C23H18F2N2O/c24-17-5-1-3-15(11-17)23(16-4-2-6-18(25)12-16)10-9-19-20(13-23)26-27-21(19)22(28)14-7-8-14/h1-6,9-12,14H,7-8,13H2,(H,26,27). The van der Waals surface area contributed by atoms with E-state index in [4.69, 9.17) is 0 Å². The fourth-order valence-corrected chi connectivity index (χ4v) is 4.09. The number of rotatable bonds is 4. The second kappa shape index (κ2) is 6.23. The smallest absolute Gasteiger partial charge is 0.186 e. The lowest BCUT2D eigenvalue weighted by Gasteiger charge is -2.34. The van der Waals surface area contributed by atoms with Crippen molar-refractivity contribution in [2.45, 2.75) is 24.7 Å². The Morgan fingerprint density at radius 2 is 1.68 bits per heavy atom. The Morgan fingerprint density at radius 3 is 2.25 bits per heavy atom. The van der Waals surface area contributed by atoms with Crippen LogP contribution in [0.3, 0.4) is 0 Å². The molecule has 0 atom stereocenters. The molecule has 0 spiro atoms. The van der Waals surface area contributed by atoms with E-state index in [-0.39, 0.29) is 23.3 Å². The lowest BCUT2D eigenvalue weighted by molar-refractivity contribution is 0.0962. The number of nitrogens with zero attached hydrogens (tertiary/aromatic N) is 1. The number of carbonyl (C=O) groups is 1. The highest BCUT2D eigenvalue weighted by molar-refractivity contribution is 6.01. The number of nitrogens with one attached hydrogen (secondary N) is 1. The molecule has 3 aromatic rings. The summed E-state index contributed by atoms with van der Waals surface area (Å²) in [6.07, 6.45) is 6.09. The fourth-order valence-electron chi connectivity index (χ4n) is 4.09. The van der Waals surface area contributed by atoms with Crippen molar-refractivity contribution in [2.24, 2.45) is 5.92 Å². The maximum Gasteiger partial charge on any atom is 0.186 e. The normalized spacial score (nSPS) is 17.4. The summed E-state index contributed by atoms with van der Waals surface area (Å²) in [5, 5.41) is 7.28. The van der Waals surface area contributed by atoms with Gasteiger partial charge >= 0.3 is 0 Å². The van der Waals surface area contributed by atoms with Crippen LogP contribution in [0.15, 0.2) is 54.6 Å². The van der Waals surface area contributed by atoms with E-state index in [9.17, 15) is 13.6 Å². The van der Waals surface area contributed by atoms with Crippen molar-refractivity contribution < 1.29 is 13.6 Å². The van der Waals surface area contributed by atoms with Crippen LogP contribution in [0.2, 0.25) is 0 Å². The molecule has 0 unspecified atom stereocenters. The molecule has 2 aromatic carbocycles. The lowest BCUT2D eigenvalue weighted by Crippen LogP contribution is -2.31. The number of benzene rings is 2. The molecule has 140 valence electrons. The van der Waals surface area contributed by atoms with Gasteiger partial charge in [-0.15, -0.1) is 0 Å². The predicted molar refractivity (Wildman–Crippen MR) is 102 cm³/mol. The molecule has 0 saturated heterocycles. The molecule has 2 aliphatic rings. The van der Waals surface area contributed by atoms with Gasteiger partial charge in [-0.3, -0.25) is 9.89 Å². The van der Waals surface area contributed by atoms with Crippen LogP contribution in [0.4, 0.5) is 8.78 Å². The van der Waals surface area contributed by atoms with Crippen LogP contribution in [0, 0.1) is 17.6 Å². The summed E-state index contributed by atoms with van der Waals surface area (Å²) in [7, 11) is 0. The van der Waals surface area contributed by atoms with Crippen LogP contribution in [0.5, 0.6) is 0 Å². The number of carbonyl (C=O) groups excluding carboxylic acids is 1. The van der Waals surface area contributed by atoms with Gasteiger partial charge in [0.2, 0.25) is 0 Å². The molecule has 1 fully saturated rings. The van der Waals surface area contributed by atoms with Gasteiger partial charge in [0.25, 0.3) is 0 Å². The van der Waals surface area contributed by atoms with Gasteiger partial charge in [-0.05, 0) is 48.2 Å². The molecule has 5 heteroatoms. The average molecular weight is 376 g/mol. The number of aromatic amines is 1. The van der Waals surface area contributed by atoms with E-state index < -0.39 is 5.41 Å². The van der Waals surface area contributed by atoms with Crippen molar-refractivity contribution in [1.82, 2.24) is 10.2 Å². The average Bonchev–Trinajstić information content (AvgIpc) is 3.47. The van der Waals surface area contributed by atoms with Crippen LogP contribution in [0.1, 0.15) is 45.7 Å². The topological polar surface area (TPSA) is 45.8 Å². The van der Waals surface area contributed by atoms with Crippen LogP contribution in [-0.2, 0) is 11.8 Å². The SMILES string of the molecule is O=C(c1n[nH]c2c1C=CC(c1cccc(F)c1)(c1cccc(F)c1)C2)C1CC1. The molecule has 1 saturated carbocycles. The Hall–Kier alpha value is -3.08. The van der Waals surface area contributed by atoms with Crippen molar-refractivity contribution >= 4 is 11.9 Å². The number of halogens is 2. The minimum Gasteiger partial charge on any atom is -0.292 e. The van der Waals surface area contributed by atoms with E-state index in [2.05, 4.69) is 10.2 Å². The Kier molecular flexibility index (Phi) is 3.79. The van der Waals surface area contributed by atoms with E-state index >= 15 is 0 Å². The molecule has 3 nitrogen and oxygen atoms in total. The van der Waals surface area contributed by atoms with Crippen LogP contribution in [-0.4, -0.2) is 16.0 Å². The number of H-pyrrole nitrogens is 1. The molecule has 0 bridgehead atoms. The van der Waals surface area contributed by atoms with Crippen molar-refractivity contribution in [2.75, 3.05) is 0 Å². The van der Waals surface area contributed by atoms with E-state index in [0.717, 1.165) is 35.2 Å². The maximum atomic E-state index is 14.0. The summed E-state index contributed by atoms with van der Waals surface area (Å²) >= 11 is 0. The Labute approximate surface area is 161 Å². The zero-order valence-electron chi connectivity index (χ0n) is 15.1. The Bertz CT molecular complexity index is 1070. The number of fused-ring (bicyclic) bond motifs is 1. The molecule has 5 rings (SSSR count). The quantitative estimate of drug-likeness (QED) is 0.663. The van der Waals surface area contributed by atoms with E-state index in [1.54, 1.807) is 12.1 Å². The second-order valence-corrected chi connectivity index (χ2v) is 7.61. The van der Waals surface area contributed by atoms with E-state index in [1.807, 2.05) is 24.3 Å². The molecular formula is C23H18F2N2O. The molecule has 0 radical (unpaired) electrons. The third kappa shape index (κ3) is 2.70. The van der Waals surface area contributed by atoms with Gasteiger partial charge in [0.15, 0.2) is 5.78 Å². The molecule has 0 aliphatic heterocycles. The van der Waals surface area contributed by atoms with E-state index in [0.29, 0.717) is 12.1 Å². The van der Waals surface area contributed by atoms with E-state index in [1.165, 1.54) is 24.3 Å². The van der Waals surface area contributed by atoms with Gasteiger partial charge in [-0.2, -0.15) is 5.10 Å². The molecule has 1 heterocycles. The maximum absolute atomic E-state index is 14.0. The number of hydrogen-bond acceptors (Lipinski definition) is 2. The van der Waals surface area contributed by atoms with Crippen LogP contribution < -0.4 is 0 Å². The van der Waals surface area contributed by atoms with Gasteiger partial charge in [0.1, 0.15) is 17.3 Å². The van der Waals surface area contributed by atoms with Crippen LogP contribution >= 0.6 is 0 Å². The largest absolute Gasteiger partial charge is 0.292 e. The van der Waals surface area contributed by atoms with Gasteiger partial charge in [-0.25, -0.2) is 8.78 Å². The number of hydrogen-bond donors (Lipinski definition) is 1. The summed E-state index contributed by atoms with van der Waals surface area (Å²) in [6.45, 7) is 0. The number of allylic oxidation sites excluding steroid dienone is 1.